The first-order valence-electron chi connectivity index (χ1n) is 5.56. The minimum Gasteiger partial charge on any atom is -0.280 e. The Balaban J connectivity index is 2.26. The molecule has 0 aliphatic rings. The molecule has 0 radical (unpaired) electrons. The number of nitrogens with one attached hydrogen (secondary N) is 2. The number of anilines is 1. The molecule has 2 rings (SSSR count). The first-order chi connectivity index (χ1) is 8.94. The van der Waals surface area contributed by atoms with E-state index in [4.69, 9.17) is 0 Å². The maximum Gasteiger partial charge on any atom is 0.283 e. The number of H-pyrrole nitrogens is 1. The average molecular weight is 349 g/mol. The molecule has 0 aromatic carbocycles. The lowest BCUT2D eigenvalue weighted by Gasteiger charge is -2.04. The summed E-state index contributed by atoms with van der Waals surface area (Å²) in [5.41, 5.74) is 0.877. The second-order valence-corrected chi connectivity index (χ2v) is 6.29. The zero-order valence-electron chi connectivity index (χ0n) is 10.4. The van der Waals surface area contributed by atoms with Crippen LogP contribution in [0.3, 0.4) is 0 Å². The van der Waals surface area contributed by atoms with E-state index in [1.165, 1.54) is 11.7 Å². The van der Waals surface area contributed by atoms with E-state index >= 15 is 0 Å². The predicted octanol–water partition coefficient (Wildman–Crippen LogP) is 1.05. The molecule has 8 nitrogen and oxygen atoms in total. The molecule has 2 N–H and O–H groups in total. The van der Waals surface area contributed by atoms with Gasteiger partial charge in [-0.05, 0) is 22.4 Å². The number of hydrogen-bond acceptors (Lipinski definition) is 5. The van der Waals surface area contributed by atoms with E-state index in [1.807, 2.05) is 6.92 Å². The Bertz CT molecular complexity index is 657. The van der Waals surface area contributed by atoms with Crippen molar-refractivity contribution < 1.29 is 8.42 Å². The number of rotatable bonds is 5. The van der Waals surface area contributed by atoms with E-state index in [9.17, 15) is 8.42 Å². The Hall–Kier alpha value is -1.42. The van der Waals surface area contributed by atoms with Gasteiger partial charge in [-0.25, -0.2) is 4.68 Å². The Morgan fingerprint density at radius 2 is 2.26 bits per heavy atom. The monoisotopic (exact) mass is 348 g/mol. The molecule has 0 saturated heterocycles. The molecule has 0 unspecified atom stereocenters. The molecule has 0 aliphatic carbocycles. The summed E-state index contributed by atoms with van der Waals surface area (Å²) >= 11 is 3.05. The van der Waals surface area contributed by atoms with Crippen LogP contribution in [0, 0.1) is 0 Å². The highest BCUT2D eigenvalue weighted by molar-refractivity contribution is 9.10. The molecule has 10 heteroatoms. The van der Waals surface area contributed by atoms with Crippen LogP contribution in [-0.4, -0.2) is 33.6 Å². The summed E-state index contributed by atoms with van der Waals surface area (Å²) in [5.74, 6) is 0.247. The van der Waals surface area contributed by atoms with Crippen LogP contribution in [0.4, 0.5) is 5.82 Å². The van der Waals surface area contributed by atoms with Crippen molar-refractivity contribution in [3.05, 3.63) is 16.4 Å². The van der Waals surface area contributed by atoms with Crippen LogP contribution in [0.25, 0.3) is 0 Å². The van der Waals surface area contributed by atoms with Crippen molar-refractivity contribution in [3.63, 3.8) is 0 Å². The first kappa shape index (κ1) is 14.0. The van der Waals surface area contributed by atoms with E-state index in [1.54, 1.807) is 6.07 Å². The maximum atomic E-state index is 12.2. The van der Waals surface area contributed by atoms with Gasteiger partial charge in [0.05, 0.1) is 0 Å². The smallest absolute Gasteiger partial charge is 0.280 e. The maximum absolute atomic E-state index is 12.2. The normalized spacial score (nSPS) is 11.7. The Kier molecular flexibility index (Phi) is 3.90. The number of nitrogens with zero attached hydrogens (tertiary/aromatic N) is 4. The fraction of sp³-hybridized carbons (Fsp3) is 0.444. The Morgan fingerprint density at radius 1 is 1.53 bits per heavy atom. The van der Waals surface area contributed by atoms with Gasteiger partial charge in [0.25, 0.3) is 10.0 Å². The molecule has 0 spiro atoms. The highest BCUT2D eigenvalue weighted by atomic mass is 79.9. The largest absolute Gasteiger partial charge is 0.283 e. The van der Waals surface area contributed by atoms with Gasteiger partial charge < -0.3 is 0 Å². The standard InChI is InChI=1S/C9H13BrN6O2S/c1-3-4-6-5-7(12-11-6)14-19(17,18)9-8(10)13-15-16(9)2/h5H,3-4H2,1-2H3,(H2,11,12,14). The fourth-order valence-corrected chi connectivity index (χ4v) is 3.70. The number of hydrogen-bond donors (Lipinski definition) is 2. The third-order valence-electron chi connectivity index (χ3n) is 2.38. The van der Waals surface area contributed by atoms with E-state index in [-0.39, 0.29) is 15.4 Å². The van der Waals surface area contributed by atoms with Gasteiger partial charge in [-0.1, -0.05) is 18.6 Å². The lowest BCUT2D eigenvalue weighted by Crippen LogP contribution is -2.17. The van der Waals surface area contributed by atoms with Gasteiger partial charge in [-0.3, -0.25) is 9.82 Å². The van der Waals surface area contributed by atoms with Crippen LogP contribution >= 0.6 is 15.9 Å². The lowest BCUT2D eigenvalue weighted by atomic mass is 10.2. The molecule has 2 aromatic heterocycles. The minimum absolute atomic E-state index is 0.0486. The molecular weight excluding hydrogens is 336 g/mol. The SMILES string of the molecule is CCCc1cc(NS(=O)(=O)c2c(Br)nnn2C)n[nH]1. The number of aromatic nitrogens is 5. The van der Waals surface area contributed by atoms with Gasteiger partial charge in [-0.2, -0.15) is 13.5 Å². The van der Waals surface area contributed by atoms with Crippen molar-refractivity contribution in [3.8, 4) is 0 Å². The quantitative estimate of drug-likeness (QED) is 0.840. The van der Waals surface area contributed by atoms with Crippen LogP contribution in [0.1, 0.15) is 19.0 Å². The topological polar surface area (TPSA) is 106 Å². The van der Waals surface area contributed by atoms with Gasteiger partial charge in [0, 0.05) is 18.8 Å². The average Bonchev–Trinajstić information content (AvgIpc) is 2.86. The van der Waals surface area contributed by atoms with Crippen LogP contribution in [0.2, 0.25) is 0 Å². The van der Waals surface area contributed by atoms with Gasteiger partial charge >= 0.3 is 0 Å². The molecule has 0 amide bonds. The van der Waals surface area contributed by atoms with Crippen LogP contribution in [0.15, 0.2) is 15.7 Å². The Labute approximate surface area is 118 Å². The predicted molar refractivity (Wildman–Crippen MR) is 72.1 cm³/mol. The van der Waals surface area contributed by atoms with Crippen molar-refractivity contribution in [2.45, 2.75) is 24.8 Å². The van der Waals surface area contributed by atoms with Gasteiger partial charge in [0.1, 0.15) is 0 Å². The third-order valence-corrected chi connectivity index (χ3v) is 4.62. The van der Waals surface area contributed by atoms with Gasteiger partial charge in [0.15, 0.2) is 10.4 Å². The molecule has 0 atom stereocenters. The van der Waals surface area contributed by atoms with Crippen molar-refractivity contribution in [1.29, 1.82) is 0 Å². The van der Waals surface area contributed by atoms with E-state index in [0.29, 0.717) is 0 Å². The van der Waals surface area contributed by atoms with Crippen LogP contribution in [-0.2, 0) is 23.5 Å². The zero-order chi connectivity index (χ0) is 14.0. The number of aryl methyl sites for hydroxylation is 2. The summed E-state index contributed by atoms with van der Waals surface area (Å²) in [6.07, 6.45) is 1.76. The molecule has 0 bridgehead atoms. The molecule has 19 heavy (non-hydrogen) atoms. The van der Waals surface area contributed by atoms with E-state index < -0.39 is 10.0 Å². The molecule has 0 fully saturated rings. The first-order valence-corrected chi connectivity index (χ1v) is 7.84. The van der Waals surface area contributed by atoms with Crippen molar-refractivity contribution in [2.75, 3.05) is 4.72 Å². The minimum atomic E-state index is -3.77. The van der Waals surface area contributed by atoms with Crippen molar-refractivity contribution in [2.24, 2.45) is 7.05 Å². The molecule has 104 valence electrons. The molecule has 2 heterocycles. The molecule has 0 saturated carbocycles. The lowest BCUT2D eigenvalue weighted by molar-refractivity contribution is 0.578. The number of aromatic amines is 1. The molecular formula is C9H13BrN6O2S. The molecule has 0 aliphatic heterocycles. The number of sulfonamides is 1. The van der Waals surface area contributed by atoms with Gasteiger partial charge in [0.2, 0.25) is 5.03 Å². The van der Waals surface area contributed by atoms with Crippen LogP contribution in [0.5, 0.6) is 0 Å². The van der Waals surface area contributed by atoms with Crippen molar-refractivity contribution in [1.82, 2.24) is 25.2 Å². The second kappa shape index (κ2) is 5.29. The zero-order valence-corrected chi connectivity index (χ0v) is 12.8. The summed E-state index contributed by atoms with van der Waals surface area (Å²) in [5, 5.41) is 13.9. The highest BCUT2D eigenvalue weighted by Gasteiger charge is 2.24. The van der Waals surface area contributed by atoms with Crippen LogP contribution < -0.4 is 4.72 Å². The summed E-state index contributed by atoms with van der Waals surface area (Å²) in [7, 11) is -2.27. The van der Waals surface area contributed by atoms with Crippen molar-refractivity contribution >= 4 is 31.8 Å². The highest BCUT2D eigenvalue weighted by Crippen LogP contribution is 2.20. The van der Waals surface area contributed by atoms with Gasteiger partial charge in [-0.15, -0.1) is 5.10 Å². The summed E-state index contributed by atoms with van der Waals surface area (Å²) < 4.78 is 28.1. The Morgan fingerprint density at radius 3 is 2.84 bits per heavy atom. The third kappa shape index (κ3) is 2.95. The molecule has 2 aromatic rings. The number of halogens is 1. The summed E-state index contributed by atoms with van der Waals surface area (Å²) in [4.78, 5) is 0. The second-order valence-electron chi connectivity index (χ2n) is 3.94. The van der Waals surface area contributed by atoms with E-state index in [0.717, 1.165) is 18.5 Å². The summed E-state index contributed by atoms with van der Waals surface area (Å²) in [6, 6.07) is 1.67. The van der Waals surface area contributed by atoms with E-state index in [2.05, 4.69) is 41.2 Å². The fourth-order valence-electron chi connectivity index (χ4n) is 1.61. The summed E-state index contributed by atoms with van der Waals surface area (Å²) in [6.45, 7) is 2.03.